The Morgan fingerprint density at radius 2 is 1.79 bits per heavy atom. The van der Waals surface area contributed by atoms with Gasteiger partial charge < -0.3 is 33.3 Å². The molecule has 2 saturated heterocycles. The number of carbonyl (C=O) groups excluding carboxylic acids is 1. The standard InChI is InChI=1S/C29H36N4O5/c1-23(34)32-15-17-33(18-16-32)25-5-9-27(10-6-25)36-19-28-20-37-29(38-28,21-31-14-13-30-22-31)12-11-24-3-7-26(35-2)8-4-24/h3-10,13-14,22,28H,11-12,15-21H2,1-2H3/t28?,29-/m0/s1. The lowest BCUT2D eigenvalue weighted by molar-refractivity contribution is -0.184. The Kier molecular flexibility index (Phi) is 8.14. The monoisotopic (exact) mass is 520 g/mol. The van der Waals surface area contributed by atoms with Crippen LogP contribution in [-0.4, -0.2) is 78.8 Å². The lowest BCUT2D eigenvalue weighted by Gasteiger charge is -2.35. The number of nitrogens with zero attached hydrogens (tertiary/aromatic N) is 4. The van der Waals surface area contributed by atoms with E-state index in [1.54, 1.807) is 26.6 Å². The van der Waals surface area contributed by atoms with Gasteiger partial charge in [0.2, 0.25) is 5.91 Å². The minimum atomic E-state index is -0.749. The zero-order valence-corrected chi connectivity index (χ0v) is 22.1. The van der Waals surface area contributed by atoms with E-state index >= 15 is 0 Å². The first-order valence-corrected chi connectivity index (χ1v) is 13.2. The van der Waals surface area contributed by atoms with Gasteiger partial charge in [0.1, 0.15) is 24.2 Å². The van der Waals surface area contributed by atoms with Gasteiger partial charge in [0.25, 0.3) is 0 Å². The number of carbonyl (C=O) groups is 1. The molecule has 38 heavy (non-hydrogen) atoms. The van der Waals surface area contributed by atoms with Gasteiger partial charge in [-0.3, -0.25) is 4.79 Å². The normalized spacial score (nSPS) is 21.5. The number of methoxy groups -OCH3 is 1. The molecule has 0 bridgehead atoms. The largest absolute Gasteiger partial charge is 0.497 e. The molecule has 202 valence electrons. The Hall–Kier alpha value is -3.56. The molecule has 9 heteroatoms. The second kappa shape index (κ2) is 11.9. The summed E-state index contributed by atoms with van der Waals surface area (Å²) in [7, 11) is 1.67. The second-order valence-corrected chi connectivity index (χ2v) is 9.84. The summed E-state index contributed by atoms with van der Waals surface area (Å²) >= 11 is 0. The Morgan fingerprint density at radius 3 is 2.45 bits per heavy atom. The zero-order chi connectivity index (χ0) is 26.4. The van der Waals surface area contributed by atoms with Crippen molar-refractivity contribution < 1.29 is 23.7 Å². The lowest BCUT2D eigenvalue weighted by Crippen LogP contribution is -2.48. The summed E-state index contributed by atoms with van der Waals surface area (Å²) in [5, 5.41) is 0. The number of imidazole rings is 1. The molecule has 1 amide bonds. The van der Waals surface area contributed by atoms with Crippen molar-refractivity contribution in [1.29, 1.82) is 0 Å². The van der Waals surface area contributed by atoms with E-state index in [0.717, 1.165) is 49.8 Å². The molecule has 0 spiro atoms. The van der Waals surface area contributed by atoms with Crippen LogP contribution in [-0.2, 0) is 27.2 Å². The molecule has 1 unspecified atom stereocenters. The molecule has 2 atom stereocenters. The summed E-state index contributed by atoms with van der Waals surface area (Å²) < 4.78 is 26.1. The smallest absolute Gasteiger partial charge is 0.219 e. The van der Waals surface area contributed by atoms with Crippen molar-refractivity contribution in [1.82, 2.24) is 14.5 Å². The Labute approximate surface area is 223 Å². The summed E-state index contributed by atoms with van der Waals surface area (Å²) in [6.07, 6.45) is 6.82. The molecule has 0 radical (unpaired) electrons. The van der Waals surface area contributed by atoms with Gasteiger partial charge in [-0.2, -0.15) is 0 Å². The van der Waals surface area contributed by atoms with Crippen LogP contribution < -0.4 is 14.4 Å². The number of aryl methyl sites for hydroxylation is 1. The van der Waals surface area contributed by atoms with Crippen molar-refractivity contribution in [2.75, 3.05) is 51.4 Å². The van der Waals surface area contributed by atoms with Gasteiger partial charge in [0.05, 0.1) is 26.6 Å². The maximum absolute atomic E-state index is 11.6. The molecule has 3 heterocycles. The molecular weight excluding hydrogens is 484 g/mol. The highest BCUT2D eigenvalue weighted by molar-refractivity contribution is 5.73. The molecule has 0 N–H and O–H groups in total. The Bertz CT molecular complexity index is 1160. The van der Waals surface area contributed by atoms with E-state index in [2.05, 4.69) is 34.1 Å². The quantitative estimate of drug-likeness (QED) is 0.406. The highest BCUT2D eigenvalue weighted by Gasteiger charge is 2.42. The molecule has 5 rings (SSSR count). The average molecular weight is 521 g/mol. The van der Waals surface area contributed by atoms with E-state index in [4.69, 9.17) is 18.9 Å². The van der Waals surface area contributed by atoms with Crippen molar-refractivity contribution in [2.45, 2.75) is 38.2 Å². The fourth-order valence-electron chi connectivity index (χ4n) is 5.00. The van der Waals surface area contributed by atoms with Gasteiger partial charge in [-0.25, -0.2) is 4.98 Å². The molecule has 1 aromatic heterocycles. The summed E-state index contributed by atoms with van der Waals surface area (Å²) in [4.78, 5) is 19.9. The second-order valence-electron chi connectivity index (χ2n) is 9.84. The van der Waals surface area contributed by atoms with Gasteiger partial charge in [-0.15, -0.1) is 0 Å². The number of aromatic nitrogens is 2. The maximum Gasteiger partial charge on any atom is 0.219 e. The van der Waals surface area contributed by atoms with Crippen LogP contribution in [0.15, 0.2) is 67.3 Å². The predicted molar refractivity (Wildman–Crippen MR) is 144 cm³/mol. The van der Waals surface area contributed by atoms with Gasteiger partial charge in [-0.05, 0) is 48.4 Å². The van der Waals surface area contributed by atoms with Crippen LogP contribution >= 0.6 is 0 Å². The molecule has 3 aromatic rings. The van der Waals surface area contributed by atoms with Gasteiger partial charge in [-0.1, -0.05) is 12.1 Å². The first-order valence-electron chi connectivity index (χ1n) is 13.2. The number of benzene rings is 2. The molecule has 0 saturated carbocycles. The summed E-state index contributed by atoms with van der Waals surface area (Å²) in [6.45, 7) is 6.25. The molecular formula is C29H36N4O5. The number of amides is 1. The van der Waals surface area contributed by atoms with Crippen LogP contribution in [0.25, 0.3) is 0 Å². The van der Waals surface area contributed by atoms with Crippen molar-refractivity contribution in [3.05, 3.63) is 72.8 Å². The van der Waals surface area contributed by atoms with E-state index in [1.165, 1.54) is 5.56 Å². The predicted octanol–water partition coefficient (Wildman–Crippen LogP) is 3.38. The highest BCUT2D eigenvalue weighted by Crippen LogP contribution is 2.32. The maximum atomic E-state index is 11.6. The van der Waals surface area contributed by atoms with Crippen LogP contribution in [0, 0.1) is 0 Å². The third-order valence-corrected chi connectivity index (χ3v) is 7.21. The third-order valence-electron chi connectivity index (χ3n) is 7.21. The van der Waals surface area contributed by atoms with E-state index in [0.29, 0.717) is 26.2 Å². The van der Waals surface area contributed by atoms with E-state index < -0.39 is 5.79 Å². The van der Waals surface area contributed by atoms with Crippen LogP contribution in [0.1, 0.15) is 18.9 Å². The van der Waals surface area contributed by atoms with Gasteiger partial charge >= 0.3 is 0 Å². The van der Waals surface area contributed by atoms with Crippen molar-refractivity contribution in [3.8, 4) is 11.5 Å². The van der Waals surface area contributed by atoms with Crippen LogP contribution in [0.2, 0.25) is 0 Å². The summed E-state index contributed by atoms with van der Waals surface area (Å²) in [5.74, 6) is 1.03. The fourth-order valence-corrected chi connectivity index (χ4v) is 5.00. The van der Waals surface area contributed by atoms with Crippen LogP contribution in [0.4, 0.5) is 5.69 Å². The molecule has 9 nitrogen and oxygen atoms in total. The molecule has 0 aliphatic carbocycles. The van der Waals surface area contributed by atoms with Crippen LogP contribution in [0.3, 0.4) is 0 Å². The summed E-state index contributed by atoms with van der Waals surface area (Å²) in [6, 6.07) is 16.2. The topological polar surface area (TPSA) is 78.3 Å². The van der Waals surface area contributed by atoms with E-state index in [-0.39, 0.29) is 12.0 Å². The highest BCUT2D eigenvalue weighted by atomic mass is 16.8. The molecule has 2 fully saturated rings. The zero-order valence-electron chi connectivity index (χ0n) is 22.1. The van der Waals surface area contributed by atoms with Crippen molar-refractivity contribution in [3.63, 3.8) is 0 Å². The average Bonchev–Trinajstić information content (AvgIpc) is 3.62. The molecule has 2 aliphatic heterocycles. The summed E-state index contributed by atoms with van der Waals surface area (Å²) in [5.41, 5.74) is 2.34. The first-order chi connectivity index (χ1) is 18.5. The minimum absolute atomic E-state index is 0.140. The molecule has 2 aromatic carbocycles. The van der Waals surface area contributed by atoms with Gasteiger partial charge in [0.15, 0.2) is 5.79 Å². The third kappa shape index (κ3) is 6.46. The van der Waals surface area contributed by atoms with Crippen molar-refractivity contribution in [2.24, 2.45) is 0 Å². The Balaban J connectivity index is 1.15. The van der Waals surface area contributed by atoms with Gasteiger partial charge in [0, 0.05) is 57.6 Å². The first kappa shape index (κ1) is 26.1. The minimum Gasteiger partial charge on any atom is -0.497 e. The number of hydrogen-bond donors (Lipinski definition) is 0. The number of anilines is 1. The number of piperazine rings is 1. The molecule has 2 aliphatic rings. The number of rotatable bonds is 10. The lowest BCUT2D eigenvalue weighted by atomic mass is 10.0. The Morgan fingerprint density at radius 1 is 1.05 bits per heavy atom. The van der Waals surface area contributed by atoms with Crippen LogP contribution in [0.5, 0.6) is 11.5 Å². The van der Waals surface area contributed by atoms with E-state index in [9.17, 15) is 4.79 Å². The van der Waals surface area contributed by atoms with Crippen molar-refractivity contribution >= 4 is 11.6 Å². The number of hydrogen-bond acceptors (Lipinski definition) is 7. The number of ether oxygens (including phenoxy) is 4. The SMILES string of the molecule is COc1ccc(CC[C@]2(Cn3ccnc3)OCC(COc3ccc(N4CCN(C(C)=O)CC4)cc3)O2)cc1. The fraction of sp³-hybridized carbons (Fsp3) is 0.448. The van der Waals surface area contributed by atoms with E-state index in [1.807, 2.05) is 39.9 Å².